The van der Waals surface area contributed by atoms with Crippen LogP contribution >= 0.6 is 0 Å². The van der Waals surface area contributed by atoms with Gasteiger partial charge in [-0.25, -0.2) is 13.4 Å². The molecule has 2 rings (SSSR count). The van der Waals surface area contributed by atoms with Crippen molar-refractivity contribution in [1.29, 1.82) is 0 Å². The second-order valence-electron chi connectivity index (χ2n) is 5.05. The topological polar surface area (TPSA) is 64.0 Å². The van der Waals surface area contributed by atoms with Crippen molar-refractivity contribution in [3.05, 3.63) is 11.9 Å². The Balaban J connectivity index is 1.94. The van der Waals surface area contributed by atoms with Gasteiger partial charge in [0.25, 0.3) is 0 Å². The van der Waals surface area contributed by atoms with E-state index in [9.17, 15) is 8.42 Å². The summed E-state index contributed by atoms with van der Waals surface area (Å²) in [4.78, 5) is 4.43. The van der Waals surface area contributed by atoms with E-state index in [0.717, 1.165) is 31.0 Å². The van der Waals surface area contributed by atoms with Gasteiger partial charge in [0.05, 0.1) is 17.2 Å². The molecule has 0 saturated carbocycles. The van der Waals surface area contributed by atoms with Crippen molar-refractivity contribution >= 4 is 15.8 Å². The third kappa shape index (κ3) is 3.25. The lowest BCUT2D eigenvalue weighted by Gasteiger charge is -2.11. The molecule has 1 saturated heterocycles. The lowest BCUT2D eigenvalue weighted by Crippen LogP contribution is -2.18. The monoisotopic (exact) mass is 271 g/mol. The van der Waals surface area contributed by atoms with Crippen LogP contribution < -0.4 is 5.32 Å². The number of nitrogens with zero attached hydrogens (tertiary/aromatic N) is 2. The maximum Gasteiger partial charge on any atom is 0.203 e. The van der Waals surface area contributed by atoms with Crippen molar-refractivity contribution in [2.24, 2.45) is 5.92 Å². The molecule has 1 unspecified atom stereocenters. The number of aryl methyl sites for hydroxylation is 2. The lowest BCUT2D eigenvalue weighted by atomic mass is 10.1. The van der Waals surface area contributed by atoms with Crippen molar-refractivity contribution in [2.45, 2.75) is 33.2 Å². The zero-order chi connectivity index (χ0) is 13.2. The SMILES string of the molecule is CCCn1cc(C)nc1NCC1CCS(=O)(=O)C1. The number of hydrogen-bond donors (Lipinski definition) is 1. The predicted molar refractivity (Wildman–Crippen MR) is 72.5 cm³/mol. The van der Waals surface area contributed by atoms with E-state index in [1.165, 1.54) is 0 Å². The number of aromatic nitrogens is 2. The zero-order valence-electron chi connectivity index (χ0n) is 11.0. The van der Waals surface area contributed by atoms with E-state index >= 15 is 0 Å². The standard InChI is InChI=1S/C12H21N3O2S/c1-3-5-15-8-10(2)14-12(15)13-7-11-4-6-18(16,17)9-11/h8,11H,3-7,9H2,1-2H3,(H,13,14). The second kappa shape index (κ2) is 5.30. The van der Waals surface area contributed by atoms with Crippen molar-refractivity contribution in [3.63, 3.8) is 0 Å². The lowest BCUT2D eigenvalue weighted by molar-refractivity contribution is 0.594. The highest BCUT2D eigenvalue weighted by molar-refractivity contribution is 7.91. The second-order valence-corrected chi connectivity index (χ2v) is 7.28. The van der Waals surface area contributed by atoms with Gasteiger partial charge in [-0.1, -0.05) is 6.92 Å². The average molecular weight is 271 g/mol. The van der Waals surface area contributed by atoms with Gasteiger partial charge in [0, 0.05) is 19.3 Å². The van der Waals surface area contributed by atoms with E-state index in [4.69, 9.17) is 0 Å². The summed E-state index contributed by atoms with van der Waals surface area (Å²) in [6, 6.07) is 0. The van der Waals surface area contributed by atoms with Gasteiger partial charge in [0.15, 0.2) is 9.84 Å². The molecule has 1 atom stereocenters. The van der Waals surface area contributed by atoms with Crippen LogP contribution in [-0.2, 0) is 16.4 Å². The van der Waals surface area contributed by atoms with Gasteiger partial charge in [-0.3, -0.25) is 0 Å². The Morgan fingerprint density at radius 3 is 2.94 bits per heavy atom. The van der Waals surface area contributed by atoms with Crippen LogP contribution in [0.2, 0.25) is 0 Å². The molecule has 0 spiro atoms. The van der Waals surface area contributed by atoms with Crippen molar-refractivity contribution in [3.8, 4) is 0 Å². The van der Waals surface area contributed by atoms with Gasteiger partial charge in [0.1, 0.15) is 0 Å². The molecule has 0 aromatic carbocycles. The molecular formula is C12H21N3O2S. The normalized spacial score (nSPS) is 22.2. The summed E-state index contributed by atoms with van der Waals surface area (Å²) in [6.45, 7) is 5.73. The molecule has 6 heteroatoms. The number of imidazole rings is 1. The summed E-state index contributed by atoms with van der Waals surface area (Å²) >= 11 is 0. The number of hydrogen-bond acceptors (Lipinski definition) is 4. The molecule has 0 radical (unpaired) electrons. The third-order valence-electron chi connectivity index (χ3n) is 3.24. The quantitative estimate of drug-likeness (QED) is 0.880. The number of anilines is 1. The van der Waals surface area contributed by atoms with Crippen molar-refractivity contribution < 1.29 is 8.42 Å². The molecule has 1 aromatic heterocycles. The highest BCUT2D eigenvalue weighted by Gasteiger charge is 2.27. The van der Waals surface area contributed by atoms with Crippen molar-refractivity contribution in [1.82, 2.24) is 9.55 Å². The first-order chi connectivity index (χ1) is 8.50. The van der Waals surface area contributed by atoms with Gasteiger partial charge in [-0.15, -0.1) is 0 Å². The van der Waals surface area contributed by atoms with Gasteiger partial charge in [0.2, 0.25) is 5.95 Å². The molecule has 1 fully saturated rings. The largest absolute Gasteiger partial charge is 0.355 e. The summed E-state index contributed by atoms with van der Waals surface area (Å²) in [5.74, 6) is 1.73. The first-order valence-corrected chi connectivity index (χ1v) is 8.30. The van der Waals surface area contributed by atoms with Crippen LogP contribution in [0.25, 0.3) is 0 Å². The van der Waals surface area contributed by atoms with Crippen LogP contribution in [0.15, 0.2) is 6.20 Å². The summed E-state index contributed by atoms with van der Waals surface area (Å²) in [6.07, 6.45) is 3.85. The fraction of sp³-hybridized carbons (Fsp3) is 0.750. The molecule has 1 N–H and O–H groups in total. The van der Waals surface area contributed by atoms with Crippen molar-refractivity contribution in [2.75, 3.05) is 23.4 Å². The van der Waals surface area contributed by atoms with Gasteiger partial charge >= 0.3 is 0 Å². The fourth-order valence-electron chi connectivity index (χ4n) is 2.37. The number of nitrogens with one attached hydrogen (secondary N) is 1. The predicted octanol–water partition coefficient (Wildman–Crippen LogP) is 1.45. The Kier molecular flexibility index (Phi) is 3.94. The molecule has 0 bridgehead atoms. The molecule has 1 aliphatic rings. The molecule has 1 aromatic rings. The van der Waals surface area contributed by atoms with E-state index in [0.29, 0.717) is 18.1 Å². The fourth-order valence-corrected chi connectivity index (χ4v) is 4.23. The minimum absolute atomic E-state index is 0.224. The number of rotatable bonds is 5. The molecule has 5 nitrogen and oxygen atoms in total. The molecule has 1 aliphatic heterocycles. The maximum absolute atomic E-state index is 11.4. The van der Waals surface area contributed by atoms with E-state index < -0.39 is 9.84 Å². The Morgan fingerprint density at radius 1 is 1.56 bits per heavy atom. The summed E-state index contributed by atoms with van der Waals surface area (Å²) < 4.78 is 24.9. The molecular weight excluding hydrogens is 250 g/mol. The van der Waals surface area contributed by atoms with Crippen LogP contribution in [0, 0.1) is 12.8 Å². The van der Waals surface area contributed by atoms with Gasteiger partial charge in [-0.2, -0.15) is 0 Å². The Bertz CT molecular complexity index is 507. The molecule has 2 heterocycles. The van der Waals surface area contributed by atoms with E-state index in [2.05, 4.69) is 21.8 Å². The van der Waals surface area contributed by atoms with E-state index in [1.54, 1.807) is 0 Å². The molecule has 0 aliphatic carbocycles. The van der Waals surface area contributed by atoms with Crippen LogP contribution in [0.3, 0.4) is 0 Å². The first kappa shape index (κ1) is 13.4. The van der Waals surface area contributed by atoms with E-state index in [-0.39, 0.29) is 5.92 Å². The van der Waals surface area contributed by atoms with Crippen LogP contribution in [0.1, 0.15) is 25.5 Å². The minimum atomic E-state index is -2.78. The molecule has 0 amide bonds. The maximum atomic E-state index is 11.4. The third-order valence-corrected chi connectivity index (χ3v) is 5.07. The Labute approximate surface area is 109 Å². The number of sulfone groups is 1. The van der Waals surface area contributed by atoms with E-state index in [1.807, 2.05) is 13.1 Å². The molecule has 102 valence electrons. The highest BCUT2D eigenvalue weighted by atomic mass is 32.2. The van der Waals surface area contributed by atoms with Gasteiger partial charge < -0.3 is 9.88 Å². The Morgan fingerprint density at radius 2 is 2.33 bits per heavy atom. The summed E-state index contributed by atoms with van der Waals surface area (Å²) in [7, 11) is -2.78. The van der Waals surface area contributed by atoms with Crippen LogP contribution in [0.5, 0.6) is 0 Å². The highest BCUT2D eigenvalue weighted by Crippen LogP contribution is 2.19. The smallest absolute Gasteiger partial charge is 0.203 e. The van der Waals surface area contributed by atoms with Crippen LogP contribution in [0.4, 0.5) is 5.95 Å². The zero-order valence-corrected chi connectivity index (χ0v) is 11.8. The molecule has 18 heavy (non-hydrogen) atoms. The van der Waals surface area contributed by atoms with Crippen LogP contribution in [-0.4, -0.2) is 36.0 Å². The Hall–Kier alpha value is -1.04. The minimum Gasteiger partial charge on any atom is -0.355 e. The summed E-state index contributed by atoms with van der Waals surface area (Å²) in [5, 5.41) is 3.29. The van der Waals surface area contributed by atoms with Gasteiger partial charge in [-0.05, 0) is 25.7 Å². The average Bonchev–Trinajstić information content (AvgIpc) is 2.80. The first-order valence-electron chi connectivity index (χ1n) is 6.48. The summed E-state index contributed by atoms with van der Waals surface area (Å²) in [5.41, 5.74) is 0.991.